The highest BCUT2D eigenvalue weighted by Crippen LogP contribution is 2.31. The van der Waals surface area contributed by atoms with Gasteiger partial charge in [0.25, 0.3) is 0 Å². The van der Waals surface area contributed by atoms with Crippen LogP contribution in [0.5, 0.6) is 0 Å². The van der Waals surface area contributed by atoms with Crippen LogP contribution in [0, 0.1) is 5.82 Å². The lowest BCUT2D eigenvalue weighted by Crippen LogP contribution is -2.14. The van der Waals surface area contributed by atoms with Crippen LogP contribution in [0.2, 0.25) is 0 Å². The lowest BCUT2D eigenvalue weighted by atomic mass is 10.1. The predicted octanol–water partition coefficient (Wildman–Crippen LogP) is 4.34. The van der Waals surface area contributed by atoms with Gasteiger partial charge in [-0.25, -0.2) is 17.8 Å². The third-order valence-corrected chi connectivity index (χ3v) is 7.12. The number of aromatic nitrogens is 1. The van der Waals surface area contributed by atoms with Crippen LogP contribution in [0.15, 0.2) is 59.5 Å². The van der Waals surface area contributed by atoms with Gasteiger partial charge in [-0.15, -0.1) is 0 Å². The number of nitrogens with zero attached hydrogens (tertiary/aromatic N) is 1. The number of anilines is 1. The van der Waals surface area contributed by atoms with Crippen molar-refractivity contribution in [3.8, 4) is 11.3 Å². The Morgan fingerprint density at radius 3 is 2.37 bits per heavy atom. The molecular weight excluding hydrogens is 427 g/mol. The highest BCUT2D eigenvalue weighted by molar-refractivity contribution is 7.91. The van der Waals surface area contributed by atoms with E-state index < -0.39 is 21.6 Å². The van der Waals surface area contributed by atoms with E-state index in [1.807, 2.05) is 30.3 Å². The minimum absolute atomic E-state index is 0.0165. The van der Waals surface area contributed by atoms with Gasteiger partial charge in [-0.05, 0) is 30.7 Å². The molecule has 30 heavy (non-hydrogen) atoms. The number of sulfone groups is 1. The average molecular weight is 447 g/mol. The molecule has 156 valence electrons. The predicted molar refractivity (Wildman–Crippen MR) is 114 cm³/mol. The average Bonchev–Trinajstić information content (AvgIpc) is 3.13. The second-order valence-corrected chi connectivity index (χ2v) is 9.65. The fraction of sp³-hybridized carbons (Fsp3) is 0.190. The monoisotopic (exact) mass is 446 g/mol. The first-order valence-corrected chi connectivity index (χ1v) is 11.6. The zero-order valence-electron chi connectivity index (χ0n) is 16.1. The first kappa shape index (κ1) is 21.8. The molecule has 1 heterocycles. The zero-order valence-corrected chi connectivity index (χ0v) is 17.7. The lowest BCUT2D eigenvalue weighted by Gasteiger charge is -2.05. The summed E-state index contributed by atoms with van der Waals surface area (Å²) in [5.74, 6) is -1.31. The summed E-state index contributed by atoms with van der Waals surface area (Å²) in [5, 5.41) is 2.92. The van der Waals surface area contributed by atoms with E-state index in [4.69, 9.17) is 0 Å². The largest absolute Gasteiger partial charge is 0.302 e. The molecule has 9 heteroatoms. The number of carbonyl (C=O) groups is 2. The molecule has 0 aliphatic carbocycles. The van der Waals surface area contributed by atoms with Gasteiger partial charge < -0.3 is 5.32 Å². The van der Waals surface area contributed by atoms with Crippen molar-refractivity contribution >= 4 is 38.0 Å². The van der Waals surface area contributed by atoms with E-state index in [9.17, 15) is 22.4 Å². The minimum Gasteiger partial charge on any atom is -0.302 e. The van der Waals surface area contributed by atoms with Crippen molar-refractivity contribution in [3.05, 3.63) is 65.3 Å². The van der Waals surface area contributed by atoms with Crippen molar-refractivity contribution in [1.29, 1.82) is 0 Å². The maximum absolute atomic E-state index is 13.0. The molecule has 0 unspecified atom stereocenters. The maximum Gasteiger partial charge on any atom is 0.226 e. The number of halogens is 1. The van der Waals surface area contributed by atoms with Gasteiger partial charge in [-0.1, -0.05) is 41.7 Å². The van der Waals surface area contributed by atoms with Crippen molar-refractivity contribution in [3.63, 3.8) is 0 Å². The molecule has 0 bridgehead atoms. The highest BCUT2D eigenvalue weighted by atomic mass is 32.2. The van der Waals surface area contributed by atoms with Crippen molar-refractivity contribution in [1.82, 2.24) is 4.98 Å². The Morgan fingerprint density at radius 2 is 1.73 bits per heavy atom. The number of carbonyl (C=O) groups excluding carboxylic acids is 2. The SMILES string of the molecule is CC(=O)c1sc(NC(=O)CCCS(=O)(=O)c2ccc(F)cc2)nc1-c1ccccc1. The number of Topliss-reactive ketones (excluding diaryl/α,β-unsaturated/α-hetero) is 1. The van der Waals surface area contributed by atoms with Crippen LogP contribution in [0.25, 0.3) is 11.3 Å². The molecule has 6 nitrogen and oxygen atoms in total. The minimum atomic E-state index is -3.60. The number of thiazole rings is 1. The van der Waals surface area contributed by atoms with Gasteiger partial charge in [0.1, 0.15) is 5.82 Å². The standard InChI is InChI=1S/C21H19FN2O4S2/c1-14(25)20-19(15-6-3-2-4-7-15)24-21(29-20)23-18(26)8-5-13-30(27,28)17-11-9-16(22)10-12-17/h2-4,6-7,9-12H,5,8,13H2,1H3,(H,23,24,26). The van der Waals surface area contributed by atoms with Gasteiger partial charge in [-0.2, -0.15) is 0 Å². The van der Waals surface area contributed by atoms with Crippen LogP contribution in [0.4, 0.5) is 9.52 Å². The molecule has 0 saturated heterocycles. The van der Waals surface area contributed by atoms with E-state index in [2.05, 4.69) is 10.3 Å². The summed E-state index contributed by atoms with van der Waals surface area (Å²) in [6, 6.07) is 13.7. The van der Waals surface area contributed by atoms with Crippen LogP contribution >= 0.6 is 11.3 Å². The van der Waals surface area contributed by atoms with E-state index in [1.165, 1.54) is 19.1 Å². The fourth-order valence-electron chi connectivity index (χ4n) is 2.77. The topological polar surface area (TPSA) is 93.2 Å². The molecule has 1 aromatic heterocycles. The molecule has 1 amide bonds. The summed E-state index contributed by atoms with van der Waals surface area (Å²) < 4.78 is 37.5. The Labute approximate surface area is 177 Å². The van der Waals surface area contributed by atoms with E-state index >= 15 is 0 Å². The Morgan fingerprint density at radius 1 is 1.07 bits per heavy atom. The molecule has 0 aliphatic rings. The Kier molecular flexibility index (Phi) is 6.73. The molecule has 0 fully saturated rings. The van der Waals surface area contributed by atoms with E-state index in [0.717, 1.165) is 29.0 Å². The van der Waals surface area contributed by atoms with Crippen LogP contribution in [-0.2, 0) is 14.6 Å². The van der Waals surface area contributed by atoms with Crippen LogP contribution in [0.3, 0.4) is 0 Å². The molecule has 0 saturated carbocycles. The normalized spacial score (nSPS) is 11.3. The van der Waals surface area contributed by atoms with Crippen molar-refractivity contribution < 1.29 is 22.4 Å². The molecule has 3 rings (SSSR count). The number of benzene rings is 2. The Hall–Kier alpha value is -2.91. The summed E-state index contributed by atoms with van der Waals surface area (Å²) in [4.78, 5) is 29.0. The number of ketones is 1. The molecule has 2 aromatic carbocycles. The highest BCUT2D eigenvalue weighted by Gasteiger charge is 2.19. The summed E-state index contributed by atoms with van der Waals surface area (Å²) >= 11 is 1.08. The van der Waals surface area contributed by atoms with Gasteiger partial charge in [0.2, 0.25) is 5.91 Å². The molecule has 0 radical (unpaired) electrons. The van der Waals surface area contributed by atoms with Crippen molar-refractivity contribution in [2.75, 3.05) is 11.1 Å². The Bertz CT molecular complexity index is 1160. The fourth-order valence-corrected chi connectivity index (χ4v) is 4.98. The van der Waals surface area contributed by atoms with Gasteiger partial charge >= 0.3 is 0 Å². The van der Waals surface area contributed by atoms with Crippen LogP contribution in [-0.4, -0.2) is 30.8 Å². The molecule has 3 aromatic rings. The second-order valence-electron chi connectivity index (χ2n) is 6.54. The summed E-state index contributed by atoms with van der Waals surface area (Å²) in [7, 11) is -3.60. The quantitative estimate of drug-likeness (QED) is 0.410. The number of hydrogen-bond donors (Lipinski definition) is 1. The first-order valence-electron chi connectivity index (χ1n) is 9.11. The molecule has 0 spiro atoms. The number of hydrogen-bond acceptors (Lipinski definition) is 6. The molecule has 0 aliphatic heterocycles. The lowest BCUT2D eigenvalue weighted by molar-refractivity contribution is -0.116. The van der Waals surface area contributed by atoms with Gasteiger partial charge in [-0.3, -0.25) is 9.59 Å². The Balaban J connectivity index is 1.62. The molecule has 0 atom stereocenters. The third-order valence-electron chi connectivity index (χ3n) is 4.23. The maximum atomic E-state index is 13.0. The van der Waals surface area contributed by atoms with Gasteiger partial charge in [0.15, 0.2) is 20.8 Å². The number of nitrogens with one attached hydrogen (secondary N) is 1. The van der Waals surface area contributed by atoms with Crippen molar-refractivity contribution in [2.24, 2.45) is 0 Å². The van der Waals surface area contributed by atoms with E-state index in [0.29, 0.717) is 10.6 Å². The smallest absolute Gasteiger partial charge is 0.226 e. The van der Waals surface area contributed by atoms with Gasteiger partial charge in [0.05, 0.1) is 21.2 Å². The van der Waals surface area contributed by atoms with Crippen LogP contribution in [0.1, 0.15) is 29.4 Å². The number of amides is 1. The summed E-state index contributed by atoms with van der Waals surface area (Å²) in [5.41, 5.74) is 1.27. The van der Waals surface area contributed by atoms with Gasteiger partial charge in [0, 0.05) is 18.9 Å². The van der Waals surface area contributed by atoms with Crippen molar-refractivity contribution in [2.45, 2.75) is 24.7 Å². The zero-order chi connectivity index (χ0) is 21.7. The molecule has 1 N–H and O–H groups in total. The van der Waals surface area contributed by atoms with E-state index in [-0.39, 0.29) is 34.4 Å². The third kappa shape index (κ3) is 5.37. The second kappa shape index (κ2) is 9.27. The van der Waals surface area contributed by atoms with Crippen LogP contribution < -0.4 is 5.32 Å². The van der Waals surface area contributed by atoms with E-state index in [1.54, 1.807) is 0 Å². The summed E-state index contributed by atoms with van der Waals surface area (Å²) in [6.07, 6.45) is 0.0676. The molecular formula is C21H19FN2O4S2. The summed E-state index contributed by atoms with van der Waals surface area (Å²) in [6.45, 7) is 1.44. The number of rotatable bonds is 8. The first-order chi connectivity index (χ1) is 14.3.